The van der Waals surface area contributed by atoms with Crippen LogP contribution in [0.2, 0.25) is 0 Å². The Bertz CT molecular complexity index is 1850. The van der Waals surface area contributed by atoms with E-state index in [1.54, 1.807) is 27.4 Å². The molecule has 0 fully saturated rings. The molecular formula is C35H41N5O6. The Labute approximate surface area is 268 Å². The molecule has 0 saturated heterocycles. The molecule has 0 unspecified atom stereocenters. The van der Waals surface area contributed by atoms with Gasteiger partial charge in [-0.15, -0.1) is 0 Å². The highest BCUT2D eigenvalue weighted by Crippen LogP contribution is 2.50. The molecule has 2 atom stereocenters. The summed E-state index contributed by atoms with van der Waals surface area (Å²) in [5, 5.41) is 9.23. The van der Waals surface area contributed by atoms with Crippen LogP contribution in [0.5, 0.6) is 17.2 Å². The third kappa shape index (κ3) is 6.22. The second kappa shape index (κ2) is 13.5. The quantitative estimate of drug-likeness (QED) is 0.234. The summed E-state index contributed by atoms with van der Waals surface area (Å²) in [6.07, 6.45) is 1.14. The Kier molecular flexibility index (Phi) is 9.50. The number of anilines is 1. The molecule has 11 heteroatoms. The van der Waals surface area contributed by atoms with Gasteiger partial charge in [0, 0.05) is 19.5 Å². The monoisotopic (exact) mass is 627 g/mol. The highest BCUT2D eigenvalue weighted by molar-refractivity contribution is 5.86. The van der Waals surface area contributed by atoms with Crippen molar-refractivity contribution in [3.63, 3.8) is 0 Å². The van der Waals surface area contributed by atoms with Crippen LogP contribution in [-0.4, -0.2) is 48.7 Å². The lowest BCUT2D eigenvalue weighted by atomic mass is 9.95. The number of benzene rings is 2. The van der Waals surface area contributed by atoms with Crippen molar-refractivity contribution in [3.8, 4) is 28.4 Å². The molecule has 1 aromatic heterocycles. The molecule has 5 rings (SSSR count). The van der Waals surface area contributed by atoms with Crippen molar-refractivity contribution >= 4 is 28.5 Å². The summed E-state index contributed by atoms with van der Waals surface area (Å²) in [6, 6.07) is 13.6. The van der Waals surface area contributed by atoms with Crippen molar-refractivity contribution in [2.24, 2.45) is 13.0 Å². The van der Waals surface area contributed by atoms with Crippen LogP contribution in [0.1, 0.15) is 50.2 Å². The average Bonchev–Trinajstić information content (AvgIpc) is 3.17. The Hall–Kier alpha value is -5.06. The zero-order valence-corrected chi connectivity index (χ0v) is 27.3. The maximum atomic E-state index is 13.8. The highest BCUT2D eigenvalue weighted by Gasteiger charge is 2.30. The van der Waals surface area contributed by atoms with Gasteiger partial charge < -0.3 is 34.7 Å². The minimum Gasteiger partial charge on any atom is -0.493 e. The number of aryl methyl sites for hydroxylation is 2. The lowest BCUT2D eigenvalue weighted by Gasteiger charge is -2.22. The number of ether oxygens (including phenoxy) is 3. The summed E-state index contributed by atoms with van der Waals surface area (Å²) in [7, 11) is 6.58. The fourth-order valence-electron chi connectivity index (χ4n) is 6.16. The predicted octanol–water partition coefficient (Wildman–Crippen LogP) is 4.50. The number of hydrogen-bond acceptors (Lipinski definition) is 8. The van der Waals surface area contributed by atoms with E-state index in [0.29, 0.717) is 41.2 Å². The molecule has 3 aromatic carbocycles. The van der Waals surface area contributed by atoms with Gasteiger partial charge in [-0.05, 0) is 65.8 Å². The second-order valence-electron chi connectivity index (χ2n) is 11.8. The molecule has 4 aromatic rings. The van der Waals surface area contributed by atoms with Crippen molar-refractivity contribution in [2.45, 2.75) is 52.2 Å². The first-order chi connectivity index (χ1) is 22.1. The number of para-hydroxylation sites is 2. The smallest absolute Gasteiger partial charge is 0.243 e. The van der Waals surface area contributed by atoms with Gasteiger partial charge in [-0.3, -0.25) is 14.4 Å². The van der Waals surface area contributed by atoms with Crippen LogP contribution >= 0.6 is 0 Å². The molecule has 11 nitrogen and oxygen atoms in total. The van der Waals surface area contributed by atoms with Crippen molar-refractivity contribution in [3.05, 3.63) is 75.7 Å². The molecule has 0 spiro atoms. The molecule has 1 aliphatic carbocycles. The van der Waals surface area contributed by atoms with E-state index in [1.807, 2.05) is 61.9 Å². The van der Waals surface area contributed by atoms with E-state index in [0.717, 1.165) is 28.0 Å². The van der Waals surface area contributed by atoms with Crippen molar-refractivity contribution in [1.82, 2.24) is 20.2 Å². The number of aromatic nitrogens is 2. The number of rotatable bonds is 10. The number of carbonyl (C=O) groups is 2. The van der Waals surface area contributed by atoms with Crippen LogP contribution in [0.4, 0.5) is 5.69 Å². The van der Waals surface area contributed by atoms with Gasteiger partial charge in [0.25, 0.3) is 0 Å². The van der Waals surface area contributed by atoms with Crippen molar-refractivity contribution in [2.75, 3.05) is 26.6 Å². The summed E-state index contributed by atoms with van der Waals surface area (Å²) in [6.45, 7) is 5.53. The van der Waals surface area contributed by atoms with Crippen LogP contribution < -0.4 is 35.6 Å². The van der Waals surface area contributed by atoms with Crippen LogP contribution in [0.3, 0.4) is 0 Å². The van der Waals surface area contributed by atoms with Gasteiger partial charge in [-0.1, -0.05) is 32.0 Å². The van der Waals surface area contributed by atoms with E-state index in [1.165, 1.54) is 13.0 Å². The SMILES string of the molecule is COc1cc2c(c(OC)c1OC)-c1ccc(N[C@H](C(=O)NCc3nc4ccccc4n3C)C(C)C)c(=O)cc1[C@@H](NC(C)=O)CC2. The molecule has 0 aliphatic heterocycles. The molecule has 1 heterocycles. The number of nitrogens with zero attached hydrogens (tertiary/aromatic N) is 2. The number of hydrogen-bond donors (Lipinski definition) is 3. The van der Waals surface area contributed by atoms with Gasteiger partial charge >= 0.3 is 0 Å². The van der Waals surface area contributed by atoms with Gasteiger partial charge in [-0.2, -0.15) is 0 Å². The Morgan fingerprint density at radius 1 is 1.02 bits per heavy atom. The summed E-state index contributed by atoms with van der Waals surface area (Å²) in [5.41, 5.74) is 4.81. The molecule has 0 saturated carbocycles. The molecule has 2 amide bonds. The molecule has 46 heavy (non-hydrogen) atoms. The zero-order valence-electron chi connectivity index (χ0n) is 27.3. The number of carbonyl (C=O) groups excluding carboxylic acids is 2. The van der Waals surface area contributed by atoms with E-state index in [4.69, 9.17) is 14.2 Å². The van der Waals surface area contributed by atoms with Crippen molar-refractivity contribution in [1.29, 1.82) is 0 Å². The third-order valence-electron chi connectivity index (χ3n) is 8.48. The number of methoxy groups -OCH3 is 3. The lowest BCUT2D eigenvalue weighted by Crippen LogP contribution is -2.43. The van der Waals surface area contributed by atoms with Gasteiger partial charge in [0.2, 0.25) is 23.0 Å². The average molecular weight is 628 g/mol. The summed E-state index contributed by atoms with van der Waals surface area (Å²) in [4.78, 5) is 44.3. The van der Waals surface area contributed by atoms with E-state index >= 15 is 0 Å². The van der Waals surface area contributed by atoms with E-state index in [2.05, 4.69) is 20.9 Å². The first-order valence-corrected chi connectivity index (χ1v) is 15.3. The van der Waals surface area contributed by atoms with E-state index in [-0.39, 0.29) is 35.4 Å². The normalized spacial score (nSPS) is 14.5. The predicted molar refractivity (Wildman–Crippen MR) is 177 cm³/mol. The second-order valence-corrected chi connectivity index (χ2v) is 11.8. The standard InChI is InChI=1S/C35H41N5O6/c1-19(2)32(35(43)36-18-30-38-25-10-8-9-11-27(25)40(30)4)39-26-15-13-22-23(17-28(26)42)24(37-20(3)41)14-12-21-16-29(44-5)33(45-6)34(46-7)31(21)22/h8-11,13,15-17,19,24,32H,12,14,18H2,1-7H3,(H,36,43)(H,37,41)(H,39,42)/t24-,32-/m0/s1. The molecule has 242 valence electrons. The maximum Gasteiger partial charge on any atom is 0.243 e. The lowest BCUT2D eigenvalue weighted by molar-refractivity contribution is -0.123. The molecule has 0 radical (unpaired) electrons. The molecule has 1 aliphatic rings. The van der Waals surface area contributed by atoms with Gasteiger partial charge in [0.15, 0.2) is 11.5 Å². The van der Waals surface area contributed by atoms with Gasteiger partial charge in [0.1, 0.15) is 11.9 Å². The number of fused-ring (bicyclic) bond motifs is 4. The Balaban J connectivity index is 1.53. The van der Waals surface area contributed by atoms with Gasteiger partial charge in [0.05, 0.1) is 50.6 Å². The van der Waals surface area contributed by atoms with Crippen LogP contribution in [0.15, 0.2) is 53.3 Å². The molecular weight excluding hydrogens is 586 g/mol. The topological polar surface area (TPSA) is 133 Å². The molecule has 3 N–H and O–H groups in total. The Morgan fingerprint density at radius 3 is 2.41 bits per heavy atom. The maximum absolute atomic E-state index is 13.8. The third-order valence-corrected chi connectivity index (χ3v) is 8.48. The highest BCUT2D eigenvalue weighted by atomic mass is 16.5. The first-order valence-electron chi connectivity index (χ1n) is 15.3. The fraction of sp³-hybridized carbons (Fsp3) is 0.371. The van der Waals surface area contributed by atoms with Crippen LogP contribution in [0.25, 0.3) is 22.2 Å². The van der Waals surface area contributed by atoms with E-state index in [9.17, 15) is 14.4 Å². The number of amides is 2. The number of nitrogens with one attached hydrogen (secondary N) is 3. The fourth-order valence-corrected chi connectivity index (χ4v) is 6.16. The largest absolute Gasteiger partial charge is 0.493 e. The molecule has 0 bridgehead atoms. The zero-order chi connectivity index (χ0) is 33.1. The summed E-state index contributed by atoms with van der Waals surface area (Å²) < 4.78 is 19.1. The number of imidazole rings is 1. The minimum absolute atomic E-state index is 0.146. The van der Waals surface area contributed by atoms with Crippen LogP contribution in [0, 0.1) is 5.92 Å². The van der Waals surface area contributed by atoms with Crippen LogP contribution in [-0.2, 0) is 29.6 Å². The summed E-state index contributed by atoms with van der Waals surface area (Å²) >= 11 is 0. The summed E-state index contributed by atoms with van der Waals surface area (Å²) in [5.74, 6) is 1.53. The van der Waals surface area contributed by atoms with E-state index < -0.39 is 12.1 Å². The first kappa shape index (κ1) is 32.3. The van der Waals surface area contributed by atoms with Crippen molar-refractivity contribution < 1.29 is 23.8 Å². The Morgan fingerprint density at radius 2 is 1.76 bits per heavy atom. The minimum atomic E-state index is -0.707. The van der Waals surface area contributed by atoms with Gasteiger partial charge in [-0.25, -0.2) is 4.98 Å².